The van der Waals surface area contributed by atoms with Gasteiger partial charge in [-0.25, -0.2) is 4.79 Å². The van der Waals surface area contributed by atoms with Gasteiger partial charge in [-0.2, -0.15) is 5.26 Å². The van der Waals surface area contributed by atoms with Crippen molar-refractivity contribution in [3.05, 3.63) is 64.9 Å². The standard InChI is InChI=1S/C22H19N3O4S/c1-13-19(21(26)27-2)20(15-5-3-4-14(10-15)12-23)24-22(30)25(13)16-6-7-17-18(11-16)29-9-8-28-17/h3-7,10-11,20H,8-9H2,1-2H3,(H,24,30). The van der Waals surface area contributed by atoms with Crippen LogP contribution in [0.2, 0.25) is 0 Å². The van der Waals surface area contributed by atoms with E-state index in [2.05, 4.69) is 11.4 Å². The Balaban J connectivity index is 1.81. The monoisotopic (exact) mass is 421 g/mol. The largest absolute Gasteiger partial charge is 0.486 e. The molecule has 2 heterocycles. The number of anilines is 1. The van der Waals surface area contributed by atoms with Gasteiger partial charge >= 0.3 is 5.97 Å². The molecule has 2 aromatic carbocycles. The van der Waals surface area contributed by atoms with Crippen LogP contribution in [0.5, 0.6) is 11.5 Å². The van der Waals surface area contributed by atoms with Gasteiger partial charge in [-0.1, -0.05) is 12.1 Å². The summed E-state index contributed by atoms with van der Waals surface area (Å²) in [6, 6.07) is 14.2. The Kier molecular flexibility index (Phi) is 5.29. The average molecular weight is 421 g/mol. The molecule has 2 aromatic rings. The van der Waals surface area contributed by atoms with Gasteiger partial charge in [0.15, 0.2) is 16.6 Å². The Bertz CT molecular complexity index is 1110. The Morgan fingerprint density at radius 3 is 2.73 bits per heavy atom. The maximum atomic E-state index is 12.7. The zero-order valence-electron chi connectivity index (χ0n) is 16.5. The van der Waals surface area contributed by atoms with Gasteiger partial charge < -0.3 is 19.5 Å². The predicted molar refractivity (Wildman–Crippen MR) is 114 cm³/mol. The maximum Gasteiger partial charge on any atom is 0.337 e. The van der Waals surface area contributed by atoms with Crippen molar-refractivity contribution in [3.63, 3.8) is 0 Å². The molecule has 0 amide bonds. The Labute approximate surface area is 179 Å². The van der Waals surface area contributed by atoms with Crippen LogP contribution in [0.25, 0.3) is 0 Å². The molecule has 4 rings (SSSR count). The van der Waals surface area contributed by atoms with Gasteiger partial charge in [0.05, 0.1) is 36.0 Å². The normalized spacial score (nSPS) is 17.8. The molecule has 7 nitrogen and oxygen atoms in total. The van der Waals surface area contributed by atoms with Crippen LogP contribution >= 0.6 is 12.2 Å². The molecule has 0 saturated carbocycles. The van der Waals surface area contributed by atoms with E-state index in [0.717, 1.165) is 11.3 Å². The van der Waals surface area contributed by atoms with Gasteiger partial charge in [0.25, 0.3) is 0 Å². The van der Waals surface area contributed by atoms with Gasteiger partial charge in [0.1, 0.15) is 13.2 Å². The number of carbonyl (C=O) groups is 1. The molecule has 2 aliphatic heterocycles. The Morgan fingerprint density at radius 2 is 2.00 bits per heavy atom. The smallest absolute Gasteiger partial charge is 0.337 e. The number of hydrogen-bond donors (Lipinski definition) is 1. The van der Waals surface area contributed by atoms with Crippen LogP contribution in [-0.2, 0) is 9.53 Å². The SMILES string of the molecule is COC(=O)C1=C(C)N(c2ccc3c(c2)OCCO3)C(=S)NC1c1cccc(C#N)c1. The number of nitrogens with zero attached hydrogens (tertiary/aromatic N) is 2. The molecule has 0 radical (unpaired) electrons. The van der Waals surface area contributed by atoms with E-state index in [4.69, 9.17) is 26.4 Å². The molecule has 0 saturated heterocycles. The third-order valence-corrected chi connectivity index (χ3v) is 5.32. The van der Waals surface area contributed by atoms with Gasteiger partial charge in [-0.15, -0.1) is 0 Å². The highest BCUT2D eigenvalue weighted by molar-refractivity contribution is 7.80. The quantitative estimate of drug-likeness (QED) is 0.598. The lowest BCUT2D eigenvalue weighted by Gasteiger charge is -2.37. The third kappa shape index (κ3) is 3.44. The van der Waals surface area contributed by atoms with Crippen LogP contribution in [0.1, 0.15) is 24.1 Å². The summed E-state index contributed by atoms with van der Waals surface area (Å²) in [4.78, 5) is 14.5. The van der Waals surface area contributed by atoms with Crippen molar-refractivity contribution in [2.75, 3.05) is 25.2 Å². The first-order valence-electron chi connectivity index (χ1n) is 9.33. The number of thiocarbonyl (C=S) groups is 1. The molecule has 2 aliphatic rings. The summed E-state index contributed by atoms with van der Waals surface area (Å²) in [6.07, 6.45) is 0. The van der Waals surface area contributed by atoms with Crippen molar-refractivity contribution in [2.24, 2.45) is 0 Å². The summed E-state index contributed by atoms with van der Waals surface area (Å²) in [7, 11) is 1.34. The van der Waals surface area contributed by atoms with Crippen molar-refractivity contribution in [3.8, 4) is 17.6 Å². The van der Waals surface area contributed by atoms with E-state index < -0.39 is 12.0 Å². The van der Waals surface area contributed by atoms with E-state index in [1.807, 2.05) is 31.2 Å². The number of carbonyl (C=O) groups excluding carboxylic acids is 1. The number of benzene rings is 2. The molecular weight excluding hydrogens is 402 g/mol. The van der Waals surface area contributed by atoms with Crippen molar-refractivity contribution < 1.29 is 19.0 Å². The van der Waals surface area contributed by atoms with E-state index >= 15 is 0 Å². The van der Waals surface area contributed by atoms with Gasteiger partial charge in [0, 0.05) is 11.8 Å². The summed E-state index contributed by atoms with van der Waals surface area (Å²) in [6.45, 7) is 2.79. The van der Waals surface area contributed by atoms with Crippen molar-refractivity contribution in [1.82, 2.24) is 5.32 Å². The molecule has 8 heteroatoms. The highest BCUT2D eigenvalue weighted by Gasteiger charge is 2.35. The summed E-state index contributed by atoms with van der Waals surface area (Å²) >= 11 is 5.65. The van der Waals surface area contributed by atoms with Crippen molar-refractivity contribution in [2.45, 2.75) is 13.0 Å². The van der Waals surface area contributed by atoms with Gasteiger partial charge in [-0.05, 0) is 49.0 Å². The second kappa shape index (κ2) is 8.05. The number of fused-ring (bicyclic) bond motifs is 1. The number of nitriles is 1. The highest BCUT2D eigenvalue weighted by Crippen LogP contribution is 2.38. The molecule has 1 atom stereocenters. The van der Waals surface area contributed by atoms with E-state index in [1.165, 1.54) is 7.11 Å². The summed E-state index contributed by atoms with van der Waals surface area (Å²) in [5.74, 6) is 0.817. The van der Waals surface area contributed by atoms with Crippen molar-refractivity contribution in [1.29, 1.82) is 5.26 Å². The van der Waals surface area contributed by atoms with Crippen LogP contribution in [0.15, 0.2) is 53.7 Å². The summed E-state index contributed by atoms with van der Waals surface area (Å²) < 4.78 is 16.3. The molecular formula is C22H19N3O4S. The fourth-order valence-corrected chi connectivity index (χ4v) is 4.00. The second-order valence-corrected chi connectivity index (χ2v) is 7.16. The Morgan fingerprint density at radius 1 is 1.23 bits per heavy atom. The molecule has 0 aromatic heterocycles. The fourth-order valence-electron chi connectivity index (χ4n) is 3.64. The molecule has 0 spiro atoms. The first-order valence-corrected chi connectivity index (χ1v) is 9.73. The zero-order chi connectivity index (χ0) is 21.3. The van der Waals surface area contributed by atoms with E-state index in [1.54, 1.807) is 23.1 Å². The number of esters is 1. The van der Waals surface area contributed by atoms with Gasteiger partial charge in [0.2, 0.25) is 0 Å². The third-order valence-electron chi connectivity index (χ3n) is 5.02. The van der Waals surface area contributed by atoms with Crippen molar-refractivity contribution >= 4 is 29.0 Å². The zero-order valence-corrected chi connectivity index (χ0v) is 17.3. The number of hydrogen-bond acceptors (Lipinski definition) is 6. The van der Waals surface area contributed by atoms with Crippen LogP contribution in [0, 0.1) is 11.3 Å². The first kappa shape index (κ1) is 19.7. The van der Waals surface area contributed by atoms with Crippen LogP contribution in [-0.4, -0.2) is 31.4 Å². The average Bonchev–Trinajstić information content (AvgIpc) is 2.78. The number of ether oxygens (including phenoxy) is 3. The topological polar surface area (TPSA) is 83.8 Å². The summed E-state index contributed by atoms with van der Waals surface area (Å²) in [5, 5.41) is 12.9. The van der Waals surface area contributed by atoms with Gasteiger partial charge in [-0.3, -0.25) is 4.90 Å². The number of nitrogens with one attached hydrogen (secondary N) is 1. The highest BCUT2D eigenvalue weighted by atomic mass is 32.1. The first-order chi connectivity index (χ1) is 14.5. The molecule has 1 unspecified atom stereocenters. The minimum Gasteiger partial charge on any atom is -0.486 e. The lowest BCUT2D eigenvalue weighted by Crippen LogP contribution is -2.48. The lowest BCUT2D eigenvalue weighted by atomic mass is 9.93. The molecule has 152 valence electrons. The minimum atomic E-state index is -0.535. The van der Waals surface area contributed by atoms with E-state index in [-0.39, 0.29) is 0 Å². The molecule has 30 heavy (non-hydrogen) atoms. The molecule has 0 aliphatic carbocycles. The second-order valence-electron chi connectivity index (χ2n) is 6.77. The maximum absolute atomic E-state index is 12.7. The molecule has 0 fully saturated rings. The number of rotatable bonds is 3. The van der Waals surface area contributed by atoms with Crippen LogP contribution < -0.4 is 19.7 Å². The fraction of sp³-hybridized carbons (Fsp3) is 0.227. The molecule has 0 bridgehead atoms. The number of allylic oxidation sites excluding steroid dienone is 1. The predicted octanol–water partition coefficient (Wildman–Crippen LogP) is 3.21. The van der Waals surface area contributed by atoms with Crippen LogP contribution in [0.3, 0.4) is 0 Å². The van der Waals surface area contributed by atoms with E-state index in [9.17, 15) is 10.1 Å². The lowest BCUT2D eigenvalue weighted by molar-refractivity contribution is -0.136. The Hall–Kier alpha value is -3.57. The minimum absolute atomic E-state index is 0.413. The van der Waals surface area contributed by atoms with E-state index in [0.29, 0.717) is 46.7 Å². The summed E-state index contributed by atoms with van der Waals surface area (Å²) in [5.41, 5.74) is 3.03. The van der Waals surface area contributed by atoms with Crippen LogP contribution in [0.4, 0.5) is 5.69 Å². The number of methoxy groups -OCH3 is 1. The molecule has 1 N–H and O–H groups in total.